The Morgan fingerprint density at radius 2 is 1.86 bits per heavy atom. The summed E-state index contributed by atoms with van der Waals surface area (Å²) in [6.07, 6.45) is 0. The van der Waals surface area contributed by atoms with Crippen molar-refractivity contribution in [1.29, 1.82) is 0 Å². The van der Waals surface area contributed by atoms with Gasteiger partial charge in [-0.05, 0) is 39.1 Å². The van der Waals surface area contributed by atoms with Crippen LogP contribution in [-0.4, -0.2) is 47.6 Å². The monoisotopic (exact) mass is 289 g/mol. The molecule has 0 aliphatic carbocycles. The van der Waals surface area contributed by atoms with Crippen LogP contribution >= 0.6 is 0 Å². The van der Waals surface area contributed by atoms with Crippen molar-refractivity contribution in [2.75, 3.05) is 33.2 Å². The van der Waals surface area contributed by atoms with Crippen LogP contribution in [0.1, 0.15) is 25.6 Å². The van der Waals surface area contributed by atoms with Gasteiger partial charge < -0.3 is 9.47 Å². The molecule has 0 amide bonds. The molecule has 3 rings (SSSR count). The summed E-state index contributed by atoms with van der Waals surface area (Å²) in [6.45, 7) is 9.61. The van der Waals surface area contributed by atoms with Crippen molar-refractivity contribution < 1.29 is 4.39 Å². The molecule has 1 saturated heterocycles. The molecule has 0 spiro atoms. The van der Waals surface area contributed by atoms with Crippen LogP contribution < -0.4 is 0 Å². The molecule has 1 aromatic carbocycles. The number of benzene rings is 1. The normalized spacial score (nSPS) is 18.0. The van der Waals surface area contributed by atoms with E-state index in [0.29, 0.717) is 6.04 Å². The molecule has 114 valence electrons. The minimum Gasteiger partial charge on any atom is -0.341 e. The first-order chi connectivity index (χ1) is 10.1. The van der Waals surface area contributed by atoms with Crippen LogP contribution in [0.2, 0.25) is 0 Å². The predicted octanol–water partition coefficient (Wildman–Crippen LogP) is 3.11. The minimum atomic E-state index is -0.119. The van der Waals surface area contributed by atoms with E-state index in [1.807, 2.05) is 12.1 Å². The van der Waals surface area contributed by atoms with E-state index in [1.165, 1.54) is 5.69 Å². The summed E-state index contributed by atoms with van der Waals surface area (Å²) in [5.74, 6) is -0.119. The summed E-state index contributed by atoms with van der Waals surface area (Å²) in [4.78, 5) is 4.82. The van der Waals surface area contributed by atoms with Gasteiger partial charge in [0.1, 0.15) is 5.82 Å². The minimum absolute atomic E-state index is 0.119. The average molecular weight is 289 g/mol. The van der Waals surface area contributed by atoms with E-state index in [4.69, 9.17) is 0 Å². The molecular weight excluding hydrogens is 265 g/mol. The highest BCUT2D eigenvalue weighted by Gasteiger charge is 2.19. The van der Waals surface area contributed by atoms with Crippen LogP contribution in [0.3, 0.4) is 0 Å². The zero-order chi connectivity index (χ0) is 15.0. The third-order valence-electron chi connectivity index (χ3n) is 4.41. The molecule has 0 saturated carbocycles. The standard InChI is InChI=1S/C17H24FN3/c1-13(2)21-14(12-20-9-7-19(3)8-10-20)11-15-16(18)5-4-6-17(15)21/h4-6,11,13H,7-10,12H2,1-3H3. The lowest BCUT2D eigenvalue weighted by molar-refractivity contribution is 0.145. The number of halogens is 1. The number of likely N-dealkylation sites (N-methyl/N-ethyl adjacent to an activating group) is 1. The molecule has 0 bridgehead atoms. The van der Waals surface area contributed by atoms with E-state index in [9.17, 15) is 4.39 Å². The van der Waals surface area contributed by atoms with Crippen LogP contribution in [0.15, 0.2) is 24.3 Å². The Kier molecular flexibility index (Phi) is 4.00. The van der Waals surface area contributed by atoms with Gasteiger partial charge in [0.2, 0.25) is 0 Å². The topological polar surface area (TPSA) is 11.4 Å². The Morgan fingerprint density at radius 3 is 2.52 bits per heavy atom. The molecule has 1 aromatic heterocycles. The highest BCUT2D eigenvalue weighted by Crippen LogP contribution is 2.27. The average Bonchev–Trinajstić information content (AvgIpc) is 2.81. The van der Waals surface area contributed by atoms with E-state index in [-0.39, 0.29) is 5.82 Å². The number of hydrogen-bond donors (Lipinski definition) is 0. The third kappa shape index (κ3) is 2.83. The summed E-state index contributed by atoms with van der Waals surface area (Å²) in [5, 5.41) is 0.746. The second-order valence-corrected chi connectivity index (χ2v) is 6.35. The van der Waals surface area contributed by atoms with Crippen molar-refractivity contribution in [1.82, 2.24) is 14.4 Å². The molecule has 1 aliphatic heterocycles. The number of aromatic nitrogens is 1. The first-order valence-electron chi connectivity index (χ1n) is 7.75. The number of rotatable bonds is 3. The second kappa shape index (κ2) is 5.78. The van der Waals surface area contributed by atoms with Crippen molar-refractivity contribution in [3.8, 4) is 0 Å². The van der Waals surface area contributed by atoms with Gasteiger partial charge in [-0.3, -0.25) is 4.90 Å². The largest absolute Gasteiger partial charge is 0.341 e. The number of fused-ring (bicyclic) bond motifs is 1. The van der Waals surface area contributed by atoms with Crippen molar-refractivity contribution >= 4 is 10.9 Å². The fraction of sp³-hybridized carbons (Fsp3) is 0.529. The second-order valence-electron chi connectivity index (χ2n) is 6.35. The molecule has 1 fully saturated rings. The first-order valence-corrected chi connectivity index (χ1v) is 7.75. The molecule has 3 nitrogen and oxygen atoms in total. The summed E-state index contributed by atoms with van der Waals surface area (Å²) >= 11 is 0. The van der Waals surface area contributed by atoms with Gasteiger partial charge >= 0.3 is 0 Å². The van der Waals surface area contributed by atoms with E-state index in [1.54, 1.807) is 12.1 Å². The summed E-state index contributed by atoms with van der Waals surface area (Å²) in [5.41, 5.74) is 2.23. The molecule has 2 heterocycles. The lowest BCUT2D eigenvalue weighted by atomic mass is 10.2. The molecule has 2 aromatic rings. The lowest BCUT2D eigenvalue weighted by Gasteiger charge is -2.32. The van der Waals surface area contributed by atoms with Gasteiger partial charge in [-0.2, -0.15) is 0 Å². The molecule has 0 radical (unpaired) electrons. The van der Waals surface area contributed by atoms with Gasteiger partial charge in [0.25, 0.3) is 0 Å². The van der Waals surface area contributed by atoms with Gasteiger partial charge in [-0.25, -0.2) is 4.39 Å². The van der Waals surface area contributed by atoms with Crippen molar-refractivity contribution in [3.63, 3.8) is 0 Å². The number of piperazine rings is 1. The predicted molar refractivity (Wildman–Crippen MR) is 85.1 cm³/mol. The smallest absolute Gasteiger partial charge is 0.132 e. The van der Waals surface area contributed by atoms with Crippen molar-refractivity contribution in [3.05, 3.63) is 35.8 Å². The Balaban J connectivity index is 1.94. The fourth-order valence-corrected chi connectivity index (χ4v) is 3.24. The molecule has 4 heteroatoms. The van der Waals surface area contributed by atoms with Gasteiger partial charge in [0, 0.05) is 49.8 Å². The summed E-state index contributed by atoms with van der Waals surface area (Å²) < 4.78 is 16.3. The molecular formula is C17H24FN3. The maximum Gasteiger partial charge on any atom is 0.132 e. The maximum atomic E-state index is 14.0. The Morgan fingerprint density at radius 1 is 1.14 bits per heavy atom. The molecule has 0 N–H and O–H groups in total. The van der Waals surface area contributed by atoms with Crippen LogP contribution in [0.5, 0.6) is 0 Å². The Hall–Kier alpha value is -1.39. The third-order valence-corrected chi connectivity index (χ3v) is 4.41. The van der Waals surface area contributed by atoms with E-state index < -0.39 is 0 Å². The molecule has 0 unspecified atom stereocenters. The van der Waals surface area contributed by atoms with Crippen LogP contribution in [0.4, 0.5) is 4.39 Å². The van der Waals surface area contributed by atoms with E-state index in [0.717, 1.165) is 43.6 Å². The maximum absolute atomic E-state index is 14.0. The SMILES string of the molecule is CC(C)n1c(CN2CCN(C)CC2)cc2c(F)cccc21. The van der Waals surface area contributed by atoms with Crippen LogP contribution in [-0.2, 0) is 6.54 Å². The lowest BCUT2D eigenvalue weighted by Crippen LogP contribution is -2.44. The van der Waals surface area contributed by atoms with E-state index in [2.05, 4.69) is 35.3 Å². The van der Waals surface area contributed by atoms with Crippen LogP contribution in [0, 0.1) is 5.82 Å². The quantitative estimate of drug-likeness (QED) is 0.860. The molecule has 1 aliphatic rings. The number of nitrogens with zero attached hydrogens (tertiary/aromatic N) is 3. The summed E-state index contributed by atoms with van der Waals surface area (Å²) in [6, 6.07) is 7.74. The zero-order valence-corrected chi connectivity index (χ0v) is 13.1. The molecule has 0 atom stereocenters. The number of hydrogen-bond acceptors (Lipinski definition) is 2. The fourth-order valence-electron chi connectivity index (χ4n) is 3.24. The van der Waals surface area contributed by atoms with Crippen molar-refractivity contribution in [2.24, 2.45) is 0 Å². The Bertz CT molecular complexity index is 624. The van der Waals surface area contributed by atoms with Gasteiger partial charge in [0.15, 0.2) is 0 Å². The van der Waals surface area contributed by atoms with E-state index >= 15 is 0 Å². The highest BCUT2D eigenvalue weighted by atomic mass is 19.1. The molecule has 21 heavy (non-hydrogen) atoms. The zero-order valence-electron chi connectivity index (χ0n) is 13.1. The van der Waals surface area contributed by atoms with Crippen molar-refractivity contribution in [2.45, 2.75) is 26.4 Å². The first kappa shape index (κ1) is 14.5. The van der Waals surface area contributed by atoms with Gasteiger partial charge in [-0.15, -0.1) is 0 Å². The van der Waals surface area contributed by atoms with Gasteiger partial charge in [0.05, 0.1) is 5.52 Å². The van der Waals surface area contributed by atoms with Gasteiger partial charge in [-0.1, -0.05) is 6.07 Å². The Labute approximate surface area is 125 Å². The highest BCUT2D eigenvalue weighted by molar-refractivity contribution is 5.82. The summed E-state index contributed by atoms with van der Waals surface area (Å²) in [7, 11) is 2.16. The van der Waals surface area contributed by atoms with Crippen LogP contribution in [0.25, 0.3) is 10.9 Å².